The molecule has 1 aromatic heterocycles. The van der Waals surface area contributed by atoms with E-state index in [0.29, 0.717) is 28.5 Å². The Morgan fingerprint density at radius 2 is 1.76 bits per heavy atom. The number of benzene rings is 1. The second kappa shape index (κ2) is 7.06. The molecule has 9 heteroatoms. The summed E-state index contributed by atoms with van der Waals surface area (Å²) in [6, 6.07) is 6.63. The van der Waals surface area contributed by atoms with Crippen LogP contribution >= 0.6 is 11.8 Å². The van der Waals surface area contributed by atoms with Crippen molar-refractivity contribution in [3.05, 3.63) is 41.2 Å². The van der Waals surface area contributed by atoms with E-state index in [-0.39, 0.29) is 12.4 Å². The number of imide groups is 1. The van der Waals surface area contributed by atoms with E-state index in [9.17, 15) is 14.4 Å². The van der Waals surface area contributed by atoms with E-state index in [1.807, 2.05) is 6.92 Å². The molecule has 2 amide bonds. The molecule has 0 N–H and O–H groups in total. The summed E-state index contributed by atoms with van der Waals surface area (Å²) in [5, 5.41) is 9.36. The minimum absolute atomic E-state index is 0.0128. The first-order valence-corrected chi connectivity index (χ1v) is 8.77. The summed E-state index contributed by atoms with van der Waals surface area (Å²) in [7, 11) is 0. The number of hydrogen-bond acceptors (Lipinski definition) is 7. The van der Waals surface area contributed by atoms with Gasteiger partial charge >= 0.3 is 5.97 Å². The Hall–Kier alpha value is -2.68. The van der Waals surface area contributed by atoms with Crippen LogP contribution in [0.1, 0.15) is 40.4 Å². The maximum atomic E-state index is 12.7. The highest BCUT2D eigenvalue weighted by Crippen LogP contribution is 2.26. The lowest BCUT2D eigenvalue weighted by atomic mass is 10.1. The first kappa shape index (κ1) is 17.2. The molecule has 0 fully saturated rings. The van der Waals surface area contributed by atoms with Gasteiger partial charge in [0.15, 0.2) is 5.82 Å². The molecule has 1 aromatic carbocycles. The number of hydrogen-bond donors (Lipinski definition) is 0. The molecule has 0 radical (unpaired) electrons. The summed E-state index contributed by atoms with van der Waals surface area (Å²) >= 11 is 1.07. The average molecular weight is 360 g/mol. The van der Waals surface area contributed by atoms with Crippen LogP contribution in [0.25, 0.3) is 0 Å². The molecule has 0 saturated heterocycles. The number of carbonyl (C=O) groups is 3. The van der Waals surface area contributed by atoms with E-state index in [1.165, 1.54) is 4.68 Å². The molecule has 2 heterocycles. The zero-order valence-corrected chi connectivity index (χ0v) is 14.6. The Bertz CT molecular complexity index is 813. The molecule has 3 rings (SSSR count). The Balaban J connectivity index is 1.94. The van der Waals surface area contributed by atoms with Crippen LogP contribution in [0.5, 0.6) is 0 Å². The van der Waals surface area contributed by atoms with Gasteiger partial charge in [-0.3, -0.25) is 14.4 Å². The van der Waals surface area contributed by atoms with Crippen LogP contribution in [-0.4, -0.2) is 45.0 Å². The predicted molar refractivity (Wildman–Crippen MR) is 90.1 cm³/mol. The zero-order chi connectivity index (χ0) is 18.0. The van der Waals surface area contributed by atoms with Crippen molar-refractivity contribution >= 4 is 29.5 Å². The molecule has 1 aliphatic rings. The lowest BCUT2D eigenvalue weighted by Gasteiger charge is -2.18. The number of aromatic nitrogens is 3. The third kappa shape index (κ3) is 3.02. The van der Waals surface area contributed by atoms with Crippen molar-refractivity contribution in [2.75, 3.05) is 17.4 Å². The molecule has 0 saturated carbocycles. The standard InChI is InChI=1S/C16H16N4O4S/c1-3-12-17-18-16(25-9-13(21)24-4-2)19(12)20-14(22)10-7-5-6-8-11(10)15(20)23/h5-8H,3-4,9H2,1-2H3. The van der Waals surface area contributed by atoms with Gasteiger partial charge in [0.05, 0.1) is 23.5 Å². The fraction of sp³-hybridized carbons (Fsp3) is 0.312. The molecular formula is C16H16N4O4S. The average Bonchev–Trinajstić information content (AvgIpc) is 3.12. The van der Waals surface area contributed by atoms with E-state index in [2.05, 4.69) is 10.2 Å². The summed E-state index contributed by atoms with van der Waals surface area (Å²) in [4.78, 5) is 37.0. The van der Waals surface area contributed by atoms with Crippen LogP contribution in [0.4, 0.5) is 0 Å². The highest BCUT2D eigenvalue weighted by Gasteiger charge is 2.39. The first-order chi connectivity index (χ1) is 12.1. The number of fused-ring (bicyclic) bond motifs is 1. The van der Waals surface area contributed by atoms with E-state index in [0.717, 1.165) is 16.8 Å². The molecule has 0 atom stereocenters. The number of carbonyl (C=O) groups excluding carboxylic acids is 3. The van der Waals surface area contributed by atoms with Crippen LogP contribution in [0.2, 0.25) is 0 Å². The van der Waals surface area contributed by atoms with Gasteiger partial charge in [-0.05, 0) is 19.1 Å². The third-order valence-electron chi connectivity index (χ3n) is 3.59. The van der Waals surface area contributed by atoms with Crippen molar-refractivity contribution in [1.29, 1.82) is 0 Å². The number of rotatable bonds is 6. The van der Waals surface area contributed by atoms with Crippen molar-refractivity contribution in [2.24, 2.45) is 0 Å². The number of amides is 2. The van der Waals surface area contributed by atoms with Gasteiger partial charge in [0.25, 0.3) is 11.8 Å². The van der Waals surface area contributed by atoms with Gasteiger partial charge in [0, 0.05) is 6.42 Å². The molecule has 0 aliphatic carbocycles. The topological polar surface area (TPSA) is 94.4 Å². The number of aryl methyl sites for hydroxylation is 1. The van der Waals surface area contributed by atoms with Gasteiger partial charge in [-0.25, -0.2) is 4.68 Å². The summed E-state index contributed by atoms with van der Waals surface area (Å²) < 4.78 is 6.27. The Morgan fingerprint density at radius 3 is 2.32 bits per heavy atom. The van der Waals surface area contributed by atoms with E-state index in [1.54, 1.807) is 31.2 Å². The van der Waals surface area contributed by atoms with Crippen LogP contribution in [0.3, 0.4) is 0 Å². The Morgan fingerprint density at radius 1 is 1.12 bits per heavy atom. The molecule has 0 bridgehead atoms. The van der Waals surface area contributed by atoms with Gasteiger partial charge in [0.2, 0.25) is 5.16 Å². The maximum Gasteiger partial charge on any atom is 0.316 e. The van der Waals surface area contributed by atoms with Crippen molar-refractivity contribution in [3.8, 4) is 0 Å². The lowest BCUT2D eigenvalue weighted by Crippen LogP contribution is -2.41. The summed E-state index contributed by atoms with van der Waals surface area (Å²) in [5.41, 5.74) is 0.675. The quantitative estimate of drug-likeness (QED) is 0.437. The first-order valence-electron chi connectivity index (χ1n) is 7.79. The minimum atomic E-state index is -0.437. The van der Waals surface area contributed by atoms with Crippen molar-refractivity contribution < 1.29 is 19.1 Å². The molecule has 25 heavy (non-hydrogen) atoms. The van der Waals surface area contributed by atoms with Crippen molar-refractivity contribution in [1.82, 2.24) is 14.9 Å². The normalized spacial score (nSPS) is 13.3. The van der Waals surface area contributed by atoms with E-state index in [4.69, 9.17) is 4.74 Å². The third-order valence-corrected chi connectivity index (χ3v) is 4.48. The smallest absolute Gasteiger partial charge is 0.316 e. The molecule has 0 spiro atoms. The fourth-order valence-corrected chi connectivity index (χ4v) is 3.23. The maximum absolute atomic E-state index is 12.7. The summed E-state index contributed by atoms with van der Waals surface area (Å²) in [5.74, 6) is -0.803. The van der Waals surface area contributed by atoms with Crippen LogP contribution in [0.15, 0.2) is 29.4 Å². The molecule has 0 unspecified atom stereocenters. The highest BCUT2D eigenvalue weighted by atomic mass is 32.2. The van der Waals surface area contributed by atoms with Gasteiger partial charge < -0.3 is 4.74 Å². The molecule has 1 aliphatic heterocycles. The predicted octanol–water partition coefficient (Wildman–Crippen LogP) is 1.43. The highest BCUT2D eigenvalue weighted by molar-refractivity contribution is 7.99. The lowest BCUT2D eigenvalue weighted by molar-refractivity contribution is -0.139. The Kier molecular flexibility index (Phi) is 4.84. The number of esters is 1. The largest absolute Gasteiger partial charge is 0.465 e. The second-order valence-electron chi connectivity index (χ2n) is 5.13. The van der Waals surface area contributed by atoms with Gasteiger partial charge in [-0.2, -0.15) is 5.01 Å². The van der Waals surface area contributed by atoms with Crippen molar-refractivity contribution in [2.45, 2.75) is 25.4 Å². The molecule has 130 valence electrons. The zero-order valence-electron chi connectivity index (χ0n) is 13.8. The fourth-order valence-electron chi connectivity index (χ4n) is 2.49. The van der Waals surface area contributed by atoms with Gasteiger partial charge in [-0.15, -0.1) is 10.2 Å². The Labute approximate surface area is 148 Å². The van der Waals surface area contributed by atoms with Crippen LogP contribution < -0.4 is 5.01 Å². The van der Waals surface area contributed by atoms with Crippen LogP contribution in [0, 0.1) is 0 Å². The molecule has 2 aromatic rings. The van der Waals surface area contributed by atoms with Crippen molar-refractivity contribution in [3.63, 3.8) is 0 Å². The summed E-state index contributed by atoms with van der Waals surface area (Å²) in [6.45, 7) is 3.85. The monoisotopic (exact) mass is 360 g/mol. The van der Waals surface area contributed by atoms with Crippen LogP contribution in [-0.2, 0) is 16.0 Å². The summed E-state index contributed by atoms with van der Waals surface area (Å²) in [6.07, 6.45) is 0.473. The van der Waals surface area contributed by atoms with Gasteiger partial charge in [-0.1, -0.05) is 30.8 Å². The van der Waals surface area contributed by atoms with E-state index >= 15 is 0 Å². The van der Waals surface area contributed by atoms with E-state index < -0.39 is 17.8 Å². The number of nitrogens with zero attached hydrogens (tertiary/aromatic N) is 4. The molecular weight excluding hydrogens is 344 g/mol. The number of thioether (sulfide) groups is 1. The van der Waals surface area contributed by atoms with Gasteiger partial charge in [0.1, 0.15) is 0 Å². The minimum Gasteiger partial charge on any atom is -0.465 e. The second-order valence-corrected chi connectivity index (χ2v) is 6.07. The molecule has 8 nitrogen and oxygen atoms in total. The number of ether oxygens (including phenoxy) is 1. The SMILES string of the molecule is CCOC(=O)CSc1nnc(CC)n1N1C(=O)c2ccccc2C1=O.